The molecule has 2 atom stereocenters. The van der Waals surface area contributed by atoms with Gasteiger partial charge in [-0.25, -0.2) is 0 Å². The lowest BCUT2D eigenvalue weighted by molar-refractivity contribution is 0.273. The lowest BCUT2D eigenvalue weighted by Gasteiger charge is -2.30. The van der Waals surface area contributed by atoms with Crippen molar-refractivity contribution in [1.82, 2.24) is 9.03 Å². The van der Waals surface area contributed by atoms with Gasteiger partial charge in [0, 0.05) is 18.6 Å². The minimum Gasteiger partial charge on any atom is -0.330 e. The highest BCUT2D eigenvalue weighted by Crippen LogP contribution is 2.31. The Labute approximate surface area is 104 Å². The molecule has 0 radical (unpaired) electrons. The molecule has 0 saturated heterocycles. The van der Waals surface area contributed by atoms with Crippen molar-refractivity contribution in [3.63, 3.8) is 0 Å². The van der Waals surface area contributed by atoms with Crippen LogP contribution in [0.15, 0.2) is 0 Å². The van der Waals surface area contributed by atoms with Crippen molar-refractivity contribution >= 4 is 10.2 Å². The molecule has 0 amide bonds. The Hall–Kier alpha value is -0.170. The minimum absolute atomic E-state index is 0.0984. The Morgan fingerprint density at radius 1 is 1.29 bits per heavy atom. The topological polar surface area (TPSA) is 75.4 Å². The van der Waals surface area contributed by atoms with E-state index >= 15 is 0 Å². The molecule has 2 rings (SSSR count). The summed E-state index contributed by atoms with van der Waals surface area (Å²) in [5, 5.41) is 0. The van der Waals surface area contributed by atoms with Crippen molar-refractivity contribution < 1.29 is 8.42 Å². The summed E-state index contributed by atoms with van der Waals surface area (Å²) >= 11 is 0. The number of nitrogens with two attached hydrogens (primary N) is 1. The summed E-state index contributed by atoms with van der Waals surface area (Å²) in [6, 6.07) is 0.271. The van der Waals surface area contributed by atoms with E-state index in [2.05, 4.69) is 4.72 Å². The van der Waals surface area contributed by atoms with Gasteiger partial charge in [-0.2, -0.15) is 17.4 Å². The molecule has 2 saturated carbocycles. The lowest BCUT2D eigenvalue weighted by atomic mass is 10.0. The maximum atomic E-state index is 12.2. The number of hydrogen-bond donors (Lipinski definition) is 2. The van der Waals surface area contributed by atoms with Crippen LogP contribution < -0.4 is 10.5 Å². The van der Waals surface area contributed by atoms with E-state index in [1.165, 1.54) is 0 Å². The summed E-state index contributed by atoms with van der Waals surface area (Å²) in [6.07, 6.45) is 5.03. The molecule has 5 nitrogen and oxygen atoms in total. The Morgan fingerprint density at radius 3 is 2.53 bits per heavy atom. The SMILES string of the molecule is CCN(C1CCCC1CN)S(=O)(=O)NC1CC1. The second kappa shape index (κ2) is 5.22. The summed E-state index contributed by atoms with van der Waals surface area (Å²) in [6.45, 7) is 3.02. The van der Waals surface area contributed by atoms with E-state index in [0.717, 1.165) is 32.1 Å². The van der Waals surface area contributed by atoms with Gasteiger partial charge in [0.05, 0.1) is 0 Å². The molecule has 2 fully saturated rings. The molecule has 2 unspecified atom stereocenters. The van der Waals surface area contributed by atoms with Crippen LogP contribution >= 0.6 is 0 Å². The van der Waals surface area contributed by atoms with Gasteiger partial charge in [0.2, 0.25) is 0 Å². The number of nitrogens with zero attached hydrogens (tertiary/aromatic N) is 1. The van der Waals surface area contributed by atoms with Crippen LogP contribution in [0.5, 0.6) is 0 Å². The third kappa shape index (κ3) is 2.99. The van der Waals surface area contributed by atoms with Crippen LogP contribution in [0.1, 0.15) is 39.0 Å². The van der Waals surface area contributed by atoms with Gasteiger partial charge in [-0.3, -0.25) is 0 Å². The molecule has 0 aromatic rings. The summed E-state index contributed by atoms with van der Waals surface area (Å²) < 4.78 is 28.9. The third-order valence-electron chi connectivity index (χ3n) is 3.80. The average molecular weight is 261 g/mol. The van der Waals surface area contributed by atoms with Gasteiger partial charge < -0.3 is 5.73 Å². The predicted molar refractivity (Wildman–Crippen MR) is 67.6 cm³/mol. The predicted octanol–water partition coefficient (Wildman–Crippen LogP) is 0.433. The quantitative estimate of drug-likeness (QED) is 0.728. The highest BCUT2D eigenvalue weighted by molar-refractivity contribution is 7.87. The van der Waals surface area contributed by atoms with Crippen molar-refractivity contribution in [2.24, 2.45) is 11.7 Å². The van der Waals surface area contributed by atoms with Crippen molar-refractivity contribution in [3.05, 3.63) is 0 Å². The molecule has 100 valence electrons. The van der Waals surface area contributed by atoms with Crippen molar-refractivity contribution in [3.8, 4) is 0 Å². The first kappa shape index (κ1) is 13.3. The molecule has 0 bridgehead atoms. The Bertz CT molecular complexity index is 354. The van der Waals surface area contributed by atoms with Crippen molar-refractivity contribution in [2.75, 3.05) is 13.1 Å². The molecule has 2 aliphatic carbocycles. The normalized spacial score (nSPS) is 30.1. The van der Waals surface area contributed by atoms with Crippen LogP contribution in [0.25, 0.3) is 0 Å². The summed E-state index contributed by atoms with van der Waals surface area (Å²) in [7, 11) is -3.31. The zero-order valence-electron chi connectivity index (χ0n) is 10.4. The highest BCUT2D eigenvalue weighted by atomic mass is 32.2. The van der Waals surface area contributed by atoms with Crippen LogP contribution in [-0.4, -0.2) is 37.9 Å². The van der Waals surface area contributed by atoms with E-state index in [4.69, 9.17) is 5.73 Å². The highest BCUT2D eigenvalue weighted by Gasteiger charge is 2.38. The maximum Gasteiger partial charge on any atom is 0.279 e. The molecule has 0 heterocycles. The van der Waals surface area contributed by atoms with Crippen LogP contribution in [0.2, 0.25) is 0 Å². The fourth-order valence-electron chi connectivity index (χ4n) is 2.73. The van der Waals surface area contributed by atoms with Crippen molar-refractivity contribution in [2.45, 2.75) is 51.1 Å². The first-order valence-corrected chi connectivity index (χ1v) is 8.01. The van der Waals surface area contributed by atoms with Crippen molar-refractivity contribution in [1.29, 1.82) is 0 Å². The average Bonchev–Trinajstić information content (AvgIpc) is 2.95. The smallest absolute Gasteiger partial charge is 0.279 e. The van der Waals surface area contributed by atoms with Crippen LogP contribution in [0.3, 0.4) is 0 Å². The number of hydrogen-bond acceptors (Lipinski definition) is 3. The lowest BCUT2D eigenvalue weighted by Crippen LogP contribution is -2.49. The zero-order chi connectivity index (χ0) is 12.5. The van der Waals surface area contributed by atoms with Crippen LogP contribution in [0.4, 0.5) is 0 Å². The van der Waals surface area contributed by atoms with Gasteiger partial charge in [0.25, 0.3) is 10.2 Å². The fourth-order valence-corrected chi connectivity index (χ4v) is 4.50. The molecule has 0 aromatic carbocycles. The number of nitrogens with one attached hydrogen (secondary N) is 1. The minimum atomic E-state index is -3.31. The molecule has 6 heteroatoms. The second-order valence-corrected chi connectivity index (χ2v) is 6.75. The van der Waals surface area contributed by atoms with Gasteiger partial charge in [-0.1, -0.05) is 13.3 Å². The van der Waals surface area contributed by atoms with E-state index in [0.29, 0.717) is 19.0 Å². The maximum absolute atomic E-state index is 12.2. The van der Waals surface area contributed by atoms with E-state index in [1.807, 2.05) is 6.92 Å². The second-order valence-electron chi connectivity index (χ2n) is 5.09. The molecule has 17 heavy (non-hydrogen) atoms. The van der Waals surface area contributed by atoms with Crippen LogP contribution in [-0.2, 0) is 10.2 Å². The molecular weight excluding hydrogens is 238 g/mol. The third-order valence-corrected chi connectivity index (χ3v) is 5.58. The van der Waals surface area contributed by atoms with Gasteiger partial charge in [0.15, 0.2) is 0 Å². The standard InChI is InChI=1S/C11H23N3O2S/c1-2-14(11-5-3-4-9(11)8-12)17(15,16)13-10-6-7-10/h9-11,13H,2-8,12H2,1H3. The molecule has 0 aliphatic heterocycles. The van der Waals surface area contributed by atoms with E-state index in [1.54, 1.807) is 4.31 Å². The zero-order valence-corrected chi connectivity index (χ0v) is 11.2. The van der Waals surface area contributed by atoms with Gasteiger partial charge in [-0.05, 0) is 38.1 Å². The van der Waals surface area contributed by atoms with E-state index < -0.39 is 10.2 Å². The molecule has 0 aromatic heterocycles. The monoisotopic (exact) mass is 261 g/mol. The molecule has 0 spiro atoms. The summed E-state index contributed by atoms with van der Waals surface area (Å²) in [4.78, 5) is 0. The largest absolute Gasteiger partial charge is 0.330 e. The van der Waals surface area contributed by atoms with Gasteiger partial charge in [-0.15, -0.1) is 0 Å². The Balaban J connectivity index is 2.08. The number of rotatable bonds is 6. The van der Waals surface area contributed by atoms with E-state index in [9.17, 15) is 8.42 Å². The van der Waals surface area contributed by atoms with Crippen LogP contribution in [0, 0.1) is 5.92 Å². The fraction of sp³-hybridized carbons (Fsp3) is 1.00. The van der Waals surface area contributed by atoms with Gasteiger partial charge >= 0.3 is 0 Å². The Kier molecular flexibility index (Phi) is 4.07. The summed E-state index contributed by atoms with van der Waals surface area (Å²) in [5.41, 5.74) is 5.73. The molecular formula is C11H23N3O2S. The first-order valence-electron chi connectivity index (χ1n) is 6.57. The van der Waals surface area contributed by atoms with Gasteiger partial charge in [0.1, 0.15) is 0 Å². The Morgan fingerprint density at radius 2 is 2.00 bits per heavy atom. The first-order chi connectivity index (χ1) is 8.08. The molecule has 2 aliphatic rings. The van der Waals surface area contributed by atoms with E-state index in [-0.39, 0.29) is 12.1 Å². The molecule has 3 N–H and O–H groups in total. The summed E-state index contributed by atoms with van der Waals surface area (Å²) in [5.74, 6) is 0.325.